The minimum atomic E-state index is -3.58. The third-order valence-electron chi connectivity index (χ3n) is 4.14. The summed E-state index contributed by atoms with van der Waals surface area (Å²) in [7, 11) is -3.58. The molecule has 0 bridgehead atoms. The first-order chi connectivity index (χ1) is 12.8. The van der Waals surface area contributed by atoms with Crippen molar-refractivity contribution in [3.05, 3.63) is 83.4 Å². The number of sulfonamides is 1. The second-order valence-electron chi connectivity index (χ2n) is 6.41. The zero-order valence-corrected chi connectivity index (χ0v) is 16.1. The fourth-order valence-electron chi connectivity index (χ4n) is 2.62. The summed E-state index contributed by atoms with van der Waals surface area (Å²) < 4.78 is 33.1. The van der Waals surface area contributed by atoms with E-state index in [-0.39, 0.29) is 11.4 Å². The van der Waals surface area contributed by atoms with Gasteiger partial charge in [-0.05, 0) is 67.4 Å². The van der Waals surface area contributed by atoms with Gasteiger partial charge in [0, 0.05) is 12.2 Å². The molecule has 0 aliphatic carbocycles. The van der Waals surface area contributed by atoms with Gasteiger partial charge in [-0.15, -0.1) is 0 Å². The van der Waals surface area contributed by atoms with Crippen LogP contribution in [0.25, 0.3) is 0 Å². The van der Waals surface area contributed by atoms with Crippen LogP contribution in [0.1, 0.15) is 16.7 Å². The van der Waals surface area contributed by atoms with Crippen LogP contribution in [0.2, 0.25) is 0 Å². The van der Waals surface area contributed by atoms with E-state index in [0.717, 1.165) is 16.9 Å². The number of nitrogen functional groups attached to an aromatic ring is 1. The molecule has 0 unspecified atom stereocenters. The Morgan fingerprint density at radius 3 is 2.22 bits per heavy atom. The summed E-state index contributed by atoms with van der Waals surface area (Å²) >= 11 is 0. The van der Waals surface area contributed by atoms with Crippen molar-refractivity contribution in [2.24, 2.45) is 0 Å². The molecule has 0 aromatic heterocycles. The third-order valence-corrected chi connectivity index (χ3v) is 5.56. The highest BCUT2D eigenvalue weighted by molar-refractivity contribution is 7.89. The topological polar surface area (TPSA) is 81.4 Å². The lowest BCUT2D eigenvalue weighted by Crippen LogP contribution is -2.23. The number of hydrogen-bond donors (Lipinski definition) is 2. The predicted octanol–water partition coefficient (Wildman–Crippen LogP) is 4.16. The summed E-state index contributed by atoms with van der Waals surface area (Å²) in [5.41, 5.74) is 9.20. The van der Waals surface area contributed by atoms with Gasteiger partial charge in [0.05, 0.1) is 4.90 Å². The summed E-state index contributed by atoms with van der Waals surface area (Å²) in [5, 5.41) is 0. The third kappa shape index (κ3) is 4.87. The Morgan fingerprint density at radius 2 is 1.59 bits per heavy atom. The SMILES string of the molecule is Cc1ccc(Oc2ccc(CNS(=O)(=O)c3ccc(N)cc3)cc2)c(C)c1. The Balaban J connectivity index is 1.64. The first kappa shape index (κ1) is 18.9. The Bertz CT molecular complexity index is 1030. The molecule has 6 heteroatoms. The van der Waals surface area contributed by atoms with E-state index in [1.54, 1.807) is 12.1 Å². The van der Waals surface area contributed by atoms with Crippen molar-refractivity contribution < 1.29 is 13.2 Å². The van der Waals surface area contributed by atoms with Gasteiger partial charge in [-0.1, -0.05) is 29.8 Å². The predicted molar refractivity (Wildman–Crippen MR) is 107 cm³/mol. The number of nitrogens with one attached hydrogen (secondary N) is 1. The van der Waals surface area contributed by atoms with Crippen LogP contribution in [-0.4, -0.2) is 8.42 Å². The molecular formula is C21H22N2O3S. The van der Waals surface area contributed by atoms with Crippen molar-refractivity contribution in [3.8, 4) is 11.5 Å². The van der Waals surface area contributed by atoms with Crippen molar-refractivity contribution in [1.82, 2.24) is 4.72 Å². The summed E-state index contributed by atoms with van der Waals surface area (Å²) in [4.78, 5) is 0.187. The quantitative estimate of drug-likeness (QED) is 0.627. The number of anilines is 1. The van der Waals surface area contributed by atoms with Crippen molar-refractivity contribution in [3.63, 3.8) is 0 Å². The van der Waals surface area contributed by atoms with E-state index < -0.39 is 10.0 Å². The maximum atomic E-state index is 12.3. The van der Waals surface area contributed by atoms with Crippen molar-refractivity contribution in [1.29, 1.82) is 0 Å². The first-order valence-corrected chi connectivity index (χ1v) is 10.0. The second kappa shape index (κ2) is 7.82. The summed E-state index contributed by atoms with van der Waals surface area (Å²) in [5.74, 6) is 1.50. The molecule has 140 valence electrons. The standard InChI is InChI=1S/C21H22N2O3S/c1-15-3-12-21(16(2)13-15)26-19-8-4-17(5-9-19)14-23-27(24,25)20-10-6-18(22)7-11-20/h3-13,23H,14,22H2,1-2H3. The van der Waals surface area contributed by atoms with Gasteiger partial charge in [-0.3, -0.25) is 0 Å². The molecule has 0 saturated heterocycles. The van der Waals surface area contributed by atoms with Crippen LogP contribution >= 0.6 is 0 Å². The maximum absolute atomic E-state index is 12.3. The zero-order valence-electron chi connectivity index (χ0n) is 15.3. The highest BCUT2D eigenvalue weighted by Gasteiger charge is 2.13. The van der Waals surface area contributed by atoms with Crippen LogP contribution in [-0.2, 0) is 16.6 Å². The average Bonchev–Trinajstić information content (AvgIpc) is 2.64. The Morgan fingerprint density at radius 1 is 0.926 bits per heavy atom. The minimum Gasteiger partial charge on any atom is -0.457 e. The minimum absolute atomic E-state index is 0.187. The Kier molecular flexibility index (Phi) is 5.48. The van der Waals surface area contributed by atoms with Crippen LogP contribution < -0.4 is 15.2 Å². The number of rotatable bonds is 6. The van der Waals surface area contributed by atoms with Gasteiger partial charge in [0.2, 0.25) is 10.0 Å². The van der Waals surface area contributed by atoms with E-state index in [1.807, 2.05) is 50.2 Å². The fraction of sp³-hybridized carbons (Fsp3) is 0.143. The molecular weight excluding hydrogens is 360 g/mol. The average molecular weight is 382 g/mol. The molecule has 3 aromatic carbocycles. The van der Waals surface area contributed by atoms with Crippen LogP contribution in [0.15, 0.2) is 71.6 Å². The van der Waals surface area contributed by atoms with Crippen molar-refractivity contribution >= 4 is 15.7 Å². The zero-order chi connectivity index (χ0) is 19.4. The van der Waals surface area contributed by atoms with E-state index in [9.17, 15) is 8.42 Å². The van der Waals surface area contributed by atoms with Crippen LogP contribution in [0.4, 0.5) is 5.69 Å². The molecule has 0 aliphatic heterocycles. The monoisotopic (exact) mass is 382 g/mol. The number of nitrogens with two attached hydrogens (primary N) is 1. The van der Waals surface area contributed by atoms with Crippen LogP contribution in [0.3, 0.4) is 0 Å². The number of aryl methyl sites for hydroxylation is 2. The molecule has 0 saturated carbocycles. The van der Waals surface area contributed by atoms with Crippen molar-refractivity contribution in [2.75, 3.05) is 5.73 Å². The fourth-order valence-corrected chi connectivity index (χ4v) is 3.64. The Labute approximate surface area is 159 Å². The van der Waals surface area contributed by atoms with Crippen molar-refractivity contribution in [2.45, 2.75) is 25.3 Å². The normalized spacial score (nSPS) is 11.3. The van der Waals surface area contributed by atoms with E-state index in [0.29, 0.717) is 11.4 Å². The van der Waals surface area contributed by atoms with E-state index in [2.05, 4.69) is 10.8 Å². The molecule has 3 N–H and O–H groups in total. The van der Waals surface area contributed by atoms with Gasteiger partial charge in [0.1, 0.15) is 11.5 Å². The van der Waals surface area contributed by atoms with Gasteiger partial charge >= 0.3 is 0 Å². The number of ether oxygens (including phenoxy) is 1. The molecule has 0 radical (unpaired) electrons. The van der Waals surface area contributed by atoms with Crippen LogP contribution in [0, 0.1) is 13.8 Å². The molecule has 3 aromatic rings. The lowest BCUT2D eigenvalue weighted by atomic mass is 10.1. The first-order valence-electron chi connectivity index (χ1n) is 8.53. The largest absolute Gasteiger partial charge is 0.457 e. The summed E-state index contributed by atoms with van der Waals surface area (Å²) in [6.07, 6.45) is 0. The number of hydrogen-bond acceptors (Lipinski definition) is 4. The van der Waals surface area contributed by atoms with Gasteiger partial charge in [-0.25, -0.2) is 13.1 Å². The molecule has 0 atom stereocenters. The van der Waals surface area contributed by atoms with Gasteiger partial charge in [-0.2, -0.15) is 0 Å². The van der Waals surface area contributed by atoms with Gasteiger partial charge in [0.25, 0.3) is 0 Å². The maximum Gasteiger partial charge on any atom is 0.240 e. The van der Waals surface area contributed by atoms with E-state index >= 15 is 0 Å². The molecule has 0 spiro atoms. The summed E-state index contributed by atoms with van der Waals surface area (Å²) in [6.45, 7) is 4.23. The molecule has 0 fully saturated rings. The smallest absolute Gasteiger partial charge is 0.240 e. The molecule has 27 heavy (non-hydrogen) atoms. The summed E-state index contributed by atoms with van der Waals surface area (Å²) in [6, 6.07) is 19.4. The molecule has 0 heterocycles. The molecule has 0 aliphatic rings. The molecule has 3 rings (SSSR count). The lowest BCUT2D eigenvalue weighted by Gasteiger charge is -2.11. The van der Waals surface area contributed by atoms with Crippen LogP contribution in [0.5, 0.6) is 11.5 Å². The highest BCUT2D eigenvalue weighted by Crippen LogP contribution is 2.26. The Hall–Kier alpha value is -2.83. The van der Waals surface area contributed by atoms with Gasteiger partial charge < -0.3 is 10.5 Å². The molecule has 0 amide bonds. The van der Waals surface area contributed by atoms with E-state index in [1.165, 1.54) is 17.7 Å². The second-order valence-corrected chi connectivity index (χ2v) is 8.18. The lowest BCUT2D eigenvalue weighted by molar-refractivity contribution is 0.478. The van der Waals surface area contributed by atoms with Gasteiger partial charge in [0.15, 0.2) is 0 Å². The molecule has 5 nitrogen and oxygen atoms in total. The number of benzene rings is 3. The van der Waals surface area contributed by atoms with E-state index in [4.69, 9.17) is 10.5 Å². The highest BCUT2D eigenvalue weighted by atomic mass is 32.2.